The van der Waals surface area contributed by atoms with Crippen LogP contribution >= 0.6 is 0 Å². The number of hydrogen-bond donors (Lipinski definition) is 2. The third-order valence-corrected chi connectivity index (χ3v) is 8.14. The second-order valence-electron chi connectivity index (χ2n) is 9.16. The predicted molar refractivity (Wildman–Crippen MR) is 140 cm³/mol. The Bertz CT molecular complexity index is 1350. The zero-order chi connectivity index (χ0) is 25.1. The van der Waals surface area contributed by atoms with Gasteiger partial charge in [0.15, 0.2) is 0 Å². The smallest absolute Gasteiger partial charge is 0.240 e. The summed E-state index contributed by atoms with van der Waals surface area (Å²) in [7, 11) is -1.81. The van der Waals surface area contributed by atoms with Crippen molar-refractivity contribution < 1.29 is 13.2 Å². The van der Waals surface area contributed by atoms with Gasteiger partial charge in [0.25, 0.3) is 0 Å². The third-order valence-electron chi connectivity index (χ3n) is 6.66. The number of carbonyl (C=O) groups is 1. The summed E-state index contributed by atoms with van der Waals surface area (Å²) in [5.41, 5.74) is 3.80. The highest BCUT2D eigenvalue weighted by molar-refractivity contribution is 7.89. The van der Waals surface area contributed by atoms with E-state index in [1.165, 1.54) is 12.8 Å². The van der Waals surface area contributed by atoms with E-state index >= 15 is 0 Å². The van der Waals surface area contributed by atoms with Gasteiger partial charge in [0.2, 0.25) is 21.9 Å². The normalized spacial score (nSPS) is 15.9. The van der Waals surface area contributed by atoms with Gasteiger partial charge in [-0.25, -0.2) is 23.1 Å². The van der Waals surface area contributed by atoms with Crippen molar-refractivity contribution in [1.29, 1.82) is 0 Å². The molecule has 0 unspecified atom stereocenters. The van der Waals surface area contributed by atoms with E-state index in [0.29, 0.717) is 23.9 Å². The summed E-state index contributed by atoms with van der Waals surface area (Å²) in [5.74, 6) is 0.350. The SMILES string of the molecule is CN1C(=O)Cc2cnc(Nc3ccc(S(=O)(=O)NCCCN4CCCC4)cc3)nc2-c2ccccc21. The molecule has 0 spiro atoms. The minimum Gasteiger partial charge on any atom is -0.324 e. The highest BCUT2D eigenvalue weighted by atomic mass is 32.2. The van der Waals surface area contributed by atoms with Crippen LogP contribution in [0.25, 0.3) is 11.3 Å². The summed E-state index contributed by atoms with van der Waals surface area (Å²) in [6, 6.07) is 14.2. The molecule has 1 aromatic heterocycles. The number of sulfonamides is 1. The van der Waals surface area contributed by atoms with Crippen LogP contribution in [0.4, 0.5) is 17.3 Å². The van der Waals surface area contributed by atoms with Crippen LogP contribution in [-0.4, -0.2) is 62.4 Å². The number of rotatable bonds is 8. The molecule has 2 aliphatic heterocycles. The maximum absolute atomic E-state index is 12.7. The Hall–Kier alpha value is -3.34. The van der Waals surface area contributed by atoms with Gasteiger partial charge < -0.3 is 15.1 Å². The first-order chi connectivity index (χ1) is 17.4. The van der Waals surface area contributed by atoms with Crippen molar-refractivity contribution in [3.05, 3.63) is 60.3 Å². The number of likely N-dealkylation sites (tertiary alicyclic amines) is 1. The maximum atomic E-state index is 12.7. The fraction of sp³-hybridized carbons (Fsp3) is 0.346. The van der Waals surface area contributed by atoms with E-state index in [1.807, 2.05) is 24.3 Å². The summed E-state index contributed by atoms with van der Waals surface area (Å²) in [4.78, 5) is 25.9. The lowest BCUT2D eigenvalue weighted by molar-refractivity contribution is -0.117. The van der Waals surface area contributed by atoms with Crippen LogP contribution in [0.5, 0.6) is 0 Å². The molecule has 3 aromatic rings. The van der Waals surface area contributed by atoms with Gasteiger partial charge in [-0.05, 0) is 69.2 Å². The van der Waals surface area contributed by atoms with E-state index in [-0.39, 0.29) is 17.2 Å². The molecule has 2 N–H and O–H groups in total. The van der Waals surface area contributed by atoms with Gasteiger partial charge in [-0.15, -0.1) is 0 Å². The fourth-order valence-electron chi connectivity index (χ4n) is 4.66. The molecule has 0 aliphatic carbocycles. The lowest BCUT2D eigenvalue weighted by Gasteiger charge is -2.16. The number of fused-ring (bicyclic) bond motifs is 3. The van der Waals surface area contributed by atoms with Gasteiger partial charge in [-0.2, -0.15) is 0 Å². The van der Waals surface area contributed by atoms with Crippen molar-refractivity contribution in [2.45, 2.75) is 30.6 Å². The maximum Gasteiger partial charge on any atom is 0.240 e. The number of nitrogens with zero attached hydrogens (tertiary/aromatic N) is 4. The molecular weight excluding hydrogens is 476 g/mol. The quantitative estimate of drug-likeness (QED) is 0.452. The zero-order valence-corrected chi connectivity index (χ0v) is 21.1. The molecule has 188 valence electrons. The van der Waals surface area contributed by atoms with Gasteiger partial charge >= 0.3 is 0 Å². The Balaban J connectivity index is 1.27. The molecule has 2 aromatic carbocycles. The number of aromatic nitrogens is 2. The minimum atomic E-state index is -3.57. The van der Waals surface area contributed by atoms with Gasteiger partial charge in [0.1, 0.15) is 0 Å². The second kappa shape index (κ2) is 10.3. The number of hydrogen-bond acceptors (Lipinski definition) is 7. The highest BCUT2D eigenvalue weighted by Gasteiger charge is 2.24. The van der Waals surface area contributed by atoms with Crippen LogP contribution < -0.4 is 14.9 Å². The molecular formula is C26H30N6O3S. The number of nitrogens with one attached hydrogen (secondary N) is 2. The molecule has 9 nitrogen and oxygen atoms in total. The second-order valence-corrected chi connectivity index (χ2v) is 10.9. The van der Waals surface area contributed by atoms with E-state index in [2.05, 4.69) is 19.9 Å². The summed E-state index contributed by atoms with van der Waals surface area (Å²) in [5, 5.41) is 3.15. The summed E-state index contributed by atoms with van der Waals surface area (Å²) >= 11 is 0. The van der Waals surface area contributed by atoms with Crippen molar-refractivity contribution in [1.82, 2.24) is 19.6 Å². The number of para-hydroxylation sites is 1. The lowest BCUT2D eigenvalue weighted by atomic mass is 10.1. The minimum absolute atomic E-state index is 0.0213. The molecule has 36 heavy (non-hydrogen) atoms. The van der Waals surface area contributed by atoms with Crippen LogP contribution in [0.1, 0.15) is 24.8 Å². The monoisotopic (exact) mass is 506 g/mol. The Labute approximate surface area is 211 Å². The summed E-state index contributed by atoms with van der Waals surface area (Å²) < 4.78 is 28.0. The Morgan fingerprint density at radius 1 is 1.03 bits per heavy atom. The zero-order valence-electron chi connectivity index (χ0n) is 20.3. The van der Waals surface area contributed by atoms with Crippen molar-refractivity contribution in [3.8, 4) is 11.3 Å². The van der Waals surface area contributed by atoms with Crippen LogP contribution in [0, 0.1) is 0 Å². The van der Waals surface area contributed by atoms with E-state index in [9.17, 15) is 13.2 Å². The van der Waals surface area contributed by atoms with Crippen molar-refractivity contribution >= 4 is 33.3 Å². The summed E-state index contributed by atoms with van der Waals surface area (Å²) in [6.07, 6.45) is 5.14. The molecule has 1 fully saturated rings. The molecule has 0 bridgehead atoms. The van der Waals surface area contributed by atoms with E-state index < -0.39 is 10.0 Å². The lowest BCUT2D eigenvalue weighted by Crippen LogP contribution is -2.28. The van der Waals surface area contributed by atoms with Crippen molar-refractivity contribution in [2.75, 3.05) is 43.4 Å². The Morgan fingerprint density at radius 3 is 2.56 bits per heavy atom. The largest absolute Gasteiger partial charge is 0.324 e. The van der Waals surface area contributed by atoms with Gasteiger partial charge in [0, 0.05) is 36.6 Å². The number of likely N-dealkylation sites (N-methyl/N-ethyl adjacent to an activating group) is 1. The Kier molecular flexibility index (Phi) is 6.99. The molecule has 0 atom stereocenters. The van der Waals surface area contributed by atoms with Crippen LogP contribution in [-0.2, 0) is 21.2 Å². The van der Waals surface area contributed by atoms with Gasteiger partial charge in [-0.1, -0.05) is 18.2 Å². The van der Waals surface area contributed by atoms with E-state index in [0.717, 1.165) is 42.9 Å². The molecule has 3 heterocycles. The van der Waals surface area contributed by atoms with Gasteiger partial charge in [-0.3, -0.25) is 4.79 Å². The van der Waals surface area contributed by atoms with E-state index in [4.69, 9.17) is 4.98 Å². The van der Waals surface area contributed by atoms with Crippen molar-refractivity contribution in [3.63, 3.8) is 0 Å². The average Bonchev–Trinajstić information content (AvgIpc) is 3.38. The highest BCUT2D eigenvalue weighted by Crippen LogP contribution is 2.35. The first kappa shape index (κ1) is 24.4. The fourth-order valence-corrected chi connectivity index (χ4v) is 5.73. The number of amides is 1. The van der Waals surface area contributed by atoms with Crippen LogP contribution in [0.15, 0.2) is 59.6 Å². The molecule has 2 aliphatic rings. The first-order valence-corrected chi connectivity index (χ1v) is 13.7. The first-order valence-electron chi connectivity index (χ1n) is 12.2. The third kappa shape index (κ3) is 5.25. The van der Waals surface area contributed by atoms with Crippen LogP contribution in [0.3, 0.4) is 0 Å². The average molecular weight is 507 g/mol. The number of anilines is 3. The van der Waals surface area contributed by atoms with Crippen LogP contribution in [0.2, 0.25) is 0 Å². The number of carbonyl (C=O) groups excluding carboxylic acids is 1. The molecule has 0 radical (unpaired) electrons. The molecule has 10 heteroatoms. The molecule has 1 saturated heterocycles. The molecule has 5 rings (SSSR count). The summed E-state index contributed by atoms with van der Waals surface area (Å²) in [6.45, 7) is 3.55. The Morgan fingerprint density at radius 2 is 1.78 bits per heavy atom. The number of benzene rings is 2. The standard InChI is InChI=1S/C26H30N6O3S/c1-31-23-8-3-2-7-22(23)25-19(17-24(31)33)18-27-26(30-25)29-20-9-11-21(12-10-20)36(34,35)28-13-6-16-32-14-4-5-15-32/h2-3,7-12,18,28H,4-6,13-17H2,1H3,(H,27,29,30). The molecule has 1 amide bonds. The predicted octanol–water partition coefficient (Wildman–Crippen LogP) is 3.17. The van der Waals surface area contributed by atoms with E-state index in [1.54, 1.807) is 42.4 Å². The van der Waals surface area contributed by atoms with Gasteiger partial charge in [0.05, 0.1) is 22.7 Å². The van der Waals surface area contributed by atoms with Crippen molar-refractivity contribution in [2.24, 2.45) is 0 Å². The molecule has 0 saturated carbocycles. The topological polar surface area (TPSA) is 108 Å².